The zero-order chi connectivity index (χ0) is 9.68. The van der Waals surface area contributed by atoms with Crippen LogP contribution in [-0.4, -0.2) is 6.61 Å². The summed E-state index contributed by atoms with van der Waals surface area (Å²) < 4.78 is 18.0. The van der Waals surface area contributed by atoms with Crippen LogP contribution in [0.25, 0.3) is 0 Å². The van der Waals surface area contributed by atoms with Crippen molar-refractivity contribution in [3.05, 3.63) is 35.1 Å². The number of ether oxygens (including phenoxy) is 1. The zero-order valence-corrected chi connectivity index (χ0v) is 7.38. The van der Waals surface area contributed by atoms with Gasteiger partial charge in [-0.2, -0.15) is 5.26 Å². The average Bonchev–Trinajstić information content (AvgIpc) is 2.16. The molecule has 0 aromatic heterocycles. The van der Waals surface area contributed by atoms with E-state index in [4.69, 9.17) is 10.00 Å². The van der Waals surface area contributed by atoms with Crippen molar-refractivity contribution >= 4 is 0 Å². The fourth-order valence-electron chi connectivity index (χ4n) is 0.968. The van der Waals surface area contributed by atoms with Gasteiger partial charge < -0.3 is 4.74 Å². The van der Waals surface area contributed by atoms with E-state index in [2.05, 4.69) is 0 Å². The van der Waals surface area contributed by atoms with Crippen LogP contribution < -0.4 is 0 Å². The molecule has 3 heteroatoms. The molecule has 0 unspecified atom stereocenters. The molecule has 1 aromatic rings. The van der Waals surface area contributed by atoms with E-state index in [9.17, 15) is 4.39 Å². The van der Waals surface area contributed by atoms with E-state index in [0.717, 1.165) is 5.56 Å². The van der Waals surface area contributed by atoms with Gasteiger partial charge in [-0.1, -0.05) is 6.07 Å². The number of hydrogen-bond acceptors (Lipinski definition) is 2. The first kappa shape index (κ1) is 9.69. The van der Waals surface area contributed by atoms with E-state index < -0.39 is 5.82 Å². The Labute approximate surface area is 76.6 Å². The van der Waals surface area contributed by atoms with Gasteiger partial charge in [0.15, 0.2) is 0 Å². The molecule has 13 heavy (non-hydrogen) atoms. The summed E-state index contributed by atoms with van der Waals surface area (Å²) in [5, 5.41) is 8.54. The van der Waals surface area contributed by atoms with Gasteiger partial charge in [0.2, 0.25) is 0 Å². The van der Waals surface area contributed by atoms with Gasteiger partial charge in [0.05, 0.1) is 12.2 Å². The molecule has 0 saturated carbocycles. The number of hydrogen-bond donors (Lipinski definition) is 0. The average molecular weight is 179 g/mol. The maximum atomic E-state index is 12.8. The van der Waals surface area contributed by atoms with Crippen LogP contribution in [0.15, 0.2) is 18.2 Å². The van der Waals surface area contributed by atoms with Crippen LogP contribution >= 0.6 is 0 Å². The van der Waals surface area contributed by atoms with Crippen LogP contribution in [0.2, 0.25) is 0 Å². The van der Waals surface area contributed by atoms with Crippen molar-refractivity contribution in [3.63, 3.8) is 0 Å². The van der Waals surface area contributed by atoms with Gasteiger partial charge in [0.25, 0.3) is 0 Å². The summed E-state index contributed by atoms with van der Waals surface area (Å²) >= 11 is 0. The van der Waals surface area contributed by atoms with Gasteiger partial charge in [-0.25, -0.2) is 4.39 Å². The SMILES string of the molecule is CCOCc1ccc(F)c(C#N)c1. The van der Waals surface area contributed by atoms with Crippen molar-refractivity contribution in [2.75, 3.05) is 6.61 Å². The van der Waals surface area contributed by atoms with Gasteiger partial charge in [-0.3, -0.25) is 0 Å². The Morgan fingerprint density at radius 1 is 1.54 bits per heavy atom. The summed E-state index contributed by atoms with van der Waals surface area (Å²) in [5.74, 6) is -0.484. The first-order valence-corrected chi connectivity index (χ1v) is 4.04. The molecule has 0 heterocycles. The number of halogens is 1. The van der Waals surface area contributed by atoms with Gasteiger partial charge in [-0.15, -0.1) is 0 Å². The van der Waals surface area contributed by atoms with Gasteiger partial charge in [0, 0.05) is 6.61 Å². The predicted molar refractivity (Wildman–Crippen MR) is 46.4 cm³/mol. The zero-order valence-electron chi connectivity index (χ0n) is 7.38. The van der Waals surface area contributed by atoms with Crippen LogP contribution in [0.5, 0.6) is 0 Å². The van der Waals surface area contributed by atoms with Crippen LogP contribution in [-0.2, 0) is 11.3 Å². The Balaban J connectivity index is 2.82. The molecule has 0 spiro atoms. The maximum absolute atomic E-state index is 12.8. The van der Waals surface area contributed by atoms with Crippen molar-refractivity contribution in [2.24, 2.45) is 0 Å². The molecule has 0 bridgehead atoms. The third-order valence-electron chi connectivity index (χ3n) is 1.62. The predicted octanol–water partition coefficient (Wildman–Crippen LogP) is 2.23. The van der Waals surface area contributed by atoms with E-state index >= 15 is 0 Å². The third-order valence-corrected chi connectivity index (χ3v) is 1.62. The highest BCUT2D eigenvalue weighted by Gasteiger charge is 2.01. The number of nitriles is 1. The minimum Gasteiger partial charge on any atom is -0.377 e. The molecule has 0 fully saturated rings. The molecule has 1 aromatic carbocycles. The fraction of sp³-hybridized carbons (Fsp3) is 0.300. The van der Waals surface area contributed by atoms with Crippen LogP contribution in [0, 0.1) is 17.1 Å². The largest absolute Gasteiger partial charge is 0.377 e. The maximum Gasteiger partial charge on any atom is 0.140 e. The van der Waals surface area contributed by atoms with Gasteiger partial charge in [0.1, 0.15) is 11.9 Å². The lowest BCUT2D eigenvalue weighted by molar-refractivity contribution is 0.134. The molecule has 0 saturated heterocycles. The summed E-state index contributed by atoms with van der Waals surface area (Å²) in [5.41, 5.74) is 0.886. The highest BCUT2D eigenvalue weighted by atomic mass is 19.1. The Kier molecular flexibility index (Phi) is 3.41. The highest BCUT2D eigenvalue weighted by Crippen LogP contribution is 2.10. The lowest BCUT2D eigenvalue weighted by Crippen LogP contribution is -1.93. The summed E-state index contributed by atoms with van der Waals surface area (Å²) in [4.78, 5) is 0. The normalized spacial score (nSPS) is 9.62. The summed E-state index contributed by atoms with van der Waals surface area (Å²) in [7, 11) is 0. The van der Waals surface area contributed by atoms with E-state index in [1.165, 1.54) is 12.1 Å². The highest BCUT2D eigenvalue weighted by molar-refractivity contribution is 5.34. The molecule has 0 aliphatic carbocycles. The van der Waals surface area contributed by atoms with Crippen LogP contribution in [0.4, 0.5) is 4.39 Å². The number of rotatable bonds is 3. The molecule has 0 aliphatic rings. The molecule has 2 nitrogen and oxygen atoms in total. The second-order valence-electron chi connectivity index (χ2n) is 2.56. The minimum atomic E-state index is -0.484. The monoisotopic (exact) mass is 179 g/mol. The molecule has 68 valence electrons. The lowest BCUT2D eigenvalue weighted by Gasteiger charge is -2.01. The first-order chi connectivity index (χ1) is 6.27. The van der Waals surface area contributed by atoms with Crippen molar-refractivity contribution in [1.29, 1.82) is 5.26 Å². The fourth-order valence-corrected chi connectivity index (χ4v) is 0.968. The Hall–Kier alpha value is -1.40. The molecule has 0 atom stereocenters. The number of nitrogens with zero attached hydrogens (tertiary/aromatic N) is 1. The summed E-state index contributed by atoms with van der Waals surface area (Å²) in [6.07, 6.45) is 0. The summed E-state index contributed by atoms with van der Waals surface area (Å²) in [6.45, 7) is 2.92. The van der Waals surface area contributed by atoms with E-state index in [-0.39, 0.29) is 5.56 Å². The van der Waals surface area contributed by atoms with Gasteiger partial charge >= 0.3 is 0 Å². The van der Waals surface area contributed by atoms with E-state index in [1.807, 2.05) is 6.92 Å². The molecule has 1 rings (SSSR count). The molecule has 0 aliphatic heterocycles. The summed E-state index contributed by atoms with van der Waals surface area (Å²) in [6, 6.07) is 6.19. The van der Waals surface area contributed by atoms with Crippen LogP contribution in [0.3, 0.4) is 0 Å². The van der Waals surface area contributed by atoms with Crippen molar-refractivity contribution in [2.45, 2.75) is 13.5 Å². The second-order valence-corrected chi connectivity index (χ2v) is 2.56. The molecular weight excluding hydrogens is 169 g/mol. The quantitative estimate of drug-likeness (QED) is 0.712. The standard InChI is InChI=1S/C10H10FNO/c1-2-13-7-8-3-4-10(11)9(5-8)6-12/h3-5H,2,7H2,1H3. The molecular formula is C10H10FNO. The minimum absolute atomic E-state index is 0.0669. The molecule has 0 amide bonds. The lowest BCUT2D eigenvalue weighted by atomic mass is 10.1. The second kappa shape index (κ2) is 4.58. The Morgan fingerprint density at radius 2 is 2.31 bits per heavy atom. The first-order valence-electron chi connectivity index (χ1n) is 4.04. The van der Waals surface area contributed by atoms with E-state index in [1.54, 1.807) is 12.1 Å². The van der Waals surface area contributed by atoms with Crippen LogP contribution in [0.1, 0.15) is 18.1 Å². The van der Waals surface area contributed by atoms with Crippen molar-refractivity contribution in [1.82, 2.24) is 0 Å². The molecule has 0 N–H and O–H groups in total. The van der Waals surface area contributed by atoms with Crippen molar-refractivity contribution in [3.8, 4) is 6.07 Å². The van der Waals surface area contributed by atoms with Gasteiger partial charge in [-0.05, 0) is 24.6 Å². The Bertz CT molecular complexity index is 330. The Morgan fingerprint density at radius 3 is 2.92 bits per heavy atom. The molecule has 0 radical (unpaired) electrons. The number of benzene rings is 1. The smallest absolute Gasteiger partial charge is 0.140 e. The van der Waals surface area contributed by atoms with Crippen molar-refractivity contribution < 1.29 is 9.13 Å². The topological polar surface area (TPSA) is 33.0 Å². The third kappa shape index (κ3) is 2.53. The van der Waals surface area contributed by atoms with E-state index in [0.29, 0.717) is 13.2 Å².